The summed E-state index contributed by atoms with van der Waals surface area (Å²) in [4.78, 5) is 21.7. The minimum absolute atomic E-state index is 0.0370. The van der Waals surface area contributed by atoms with E-state index in [1.165, 1.54) is 26.2 Å². The first-order chi connectivity index (χ1) is 19.9. The highest BCUT2D eigenvalue weighted by atomic mass is 35.5. The minimum Gasteiger partial charge on any atom is -0.467 e. The average Bonchev–Trinajstić information content (AvgIpc) is 3.18. The molecule has 0 saturated carbocycles. The Morgan fingerprint density at radius 2 is 1.56 bits per heavy atom. The normalized spacial score (nSPS) is 16.0. The number of methoxy groups -OCH3 is 1. The lowest BCUT2D eigenvalue weighted by Gasteiger charge is -2.13. The van der Waals surface area contributed by atoms with Crippen LogP contribution in [0.15, 0.2) is 66.4 Å². The third-order valence-corrected chi connectivity index (χ3v) is 8.20. The van der Waals surface area contributed by atoms with E-state index in [1.807, 2.05) is 0 Å². The van der Waals surface area contributed by atoms with Gasteiger partial charge in [-0.15, -0.1) is 0 Å². The molecule has 4 N–H and O–H groups in total. The van der Waals surface area contributed by atoms with Gasteiger partial charge in [0.15, 0.2) is 6.04 Å². The number of anilines is 3. The van der Waals surface area contributed by atoms with Crippen molar-refractivity contribution in [1.82, 2.24) is 15.0 Å². The zero-order valence-electron chi connectivity index (χ0n) is 21.4. The van der Waals surface area contributed by atoms with Crippen LogP contribution in [-0.2, 0) is 35.1 Å². The summed E-state index contributed by atoms with van der Waals surface area (Å²) in [6.45, 7) is 1.36. The number of halogens is 1. The number of nitrogens with zero attached hydrogens (tertiary/aromatic N) is 7. The van der Waals surface area contributed by atoms with E-state index in [9.17, 15) is 39.2 Å². The molecule has 228 valence electrons. The Morgan fingerprint density at radius 1 is 0.930 bits per heavy atom. The monoisotopic (exact) mass is 676 g/mol. The molecule has 2 heterocycles. The largest absolute Gasteiger partial charge is 0.467 e. The molecule has 23 heteroatoms. The number of aromatic nitrogens is 3. The van der Waals surface area contributed by atoms with Crippen LogP contribution in [0.1, 0.15) is 6.92 Å². The van der Waals surface area contributed by atoms with Gasteiger partial charge in [-0.25, -0.2) is 0 Å². The van der Waals surface area contributed by atoms with E-state index in [-0.39, 0.29) is 17.4 Å². The van der Waals surface area contributed by atoms with Crippen LogP contribution in [-0.4, -0.2) is 78.6 Å². The van der Waals surface area contributed by atoms with Gasteiger partial charge < -0.3 is 10.1 Å². The number of hydrazone groups is 1. The maximum atomic E-state index is 13.0. The first-order valence-electron chi connectivity index (χ1n) is 11.1. The third kappa shape index (κ3) is 7.07. The molecular formula is C20H17ClN8O11S3. The molecule has 1 aliphatic heterocycles. The smallest absolute Gasteiger partial charge is 0.322 e. The van der Waals surface area contributed by atoms with Gasteiger partial charge in [-0.2, -0.15) is 60.5 Å². The Bertz CT molecular complexity index is 2020. The molecule has 0 bridgehead atoms. The maximum Gasteiger partial charge on any atom is 0.322 e. The van der Waals surface area contributed by atoms with Gasteiger partial charge in [0.05, 0.1) is 29.1 Å². The zero-order valence-corrected chi connectivity index (χ0v) is 24.6. The van der Waals surface area contributed by atoms with Gasteiger partial charge in [0.25, 0.3) is 36.3 Å². The number of ether oxygens (including phenoxy) is 1. The second-order valence-corrected chi connectivity index (χ2v) is 12.8. The number of rotatable bonds is 9. The molecule has 1 unspecified atom stereocenters. The fourth-order valence-corrected chi connectivity index (χ4v) is 5.41. The van der Waals surface area contributed by atoms with Gasteiger partial charge in [0.2, 0.25) is 11.2 Å². The van der Waals surface area contributed by atoms with Crippen molar-refractivity contribution in [2.24, 2.45) is 15.3 Å². The summed E-state index contributed by atoms with van der Waals surface area (Å²) < 4.78 is 105. The van der Waals surface area contributed by atoms with E-state index >= 15 is 0 Å². The van der Waals surface area contributed by atoms with Crippen molar-refractivity contribution in [3.8, 4) is 6.01 Å². The molecule has 1 aliphatic rings. The quantitative estimate of drug-likeness (QED) is 0.186. The molecule has 1 amide bonds. The highest BCUT2D eigenvalue weighted by Gasteiger charge is 2.35. The average molecular weight is 677 g/mol. The number of hydrogen-bond donors (Lipinski definition) is 4. The molecule has 1 aromatic heterocycles. The summed E-state index contributed by atoms with van der Waals surface area (Å²) in [6.07, 6.45) is 0. The summed E-state index contributed by atoms with van der Waals surface area (Å²) in [7, 11) is -13.6. The van der Waals surface area contributed by atoms with Gasteiger partial charge in [-0.3, -0.25) is 18.5 Å². The second kappa shape index (κ2) is 11.5. The van der Waals surface area contributed by atoms with Crippen molar-refractivity contribution >= 4 is 76.6 Å². The first-order valence-corrected chi connectivity index (χ1v) is 15.8. The van der Waals surface area contributed by atoms with Crippen LogP contribution in [0.2, 0.25) is 5.28 Å². The fourth-order valence-electron chi connectivity index (χ4n) is 3.50. The van der Waals surface area contributed by atoms with Crippen LogP contribution in [0.5, 0.6) is 6.01 Å². The molecule has 43 heavy (non-hydrogen) atoms. The lowest BCUT2D eigenvalue weighted by Crippen LogP contribution is -2.29. The standard InChI is InChI=1S/C20H17ClN8O11S3/c1-9-16(17(30)29(28-9)10-3-5-11(6-4-10)41(31,32)33)27-26-13-8-14(42(34,35)36)12(7-15(13)43(37,38)39)22-19-23-18(21)24-20(25-19)40-2/h3-8,16H,1-2H3,(H,31,32,33)(H,34,35,36)(H,37,38,39)(H,22,23,24,25). The van der Waals surface area contributed by atoms with Crippen LogP contribution < -0.4 is 15.1 Å². The Hall–Kier alpha value is -4.19. The SMILES string of the molecule is COc1nc(Cl)nc(Nc2cc(S(=O)(=O)O)c(N=NC3C(=O)N(c4ccc(S(=O)(=O)O)cc4)N=C3C)cc2S(=O)(=O)O)n1. The molecule has 4 rings (SSSR count). The van der Waals surface area contributed by atoms with Gasteiger partial charge in [0.1, 0.15) is 15.5 Å². The van der Waals surface area contributed by atoms with E-state index in [4.69, 9.17) is 20.9 Å². The lowest BCUT2D eigenvalue weighted by molar-refractivity contribution is -0.117. The molecular weight excluding hydrogens is 660 g/mol. The Labute approximate surface area is 247 Å². The molecule has 0 aliphatic carbocycles. The van der Waals surface area contributed by atoms with E-state index in [1.54, 1.807) is 0 Å². The second-order valence-electron chi connectivity index (χ2n) is 8.28. The van der Waals surface area contributed by atoms with Crippen LogP contribution in [0, 0.1) is 0 Å². The highest BCUT2D eigenvalue weighted by Crippen LogP contribution is 2.36. The van der Waals surface area contributed by atoms with Crippen LogP contribution in [0.25, 0.3) is 0 Å². The molecule has 2 aromatic carbocycles. The van der Waals surface area contributed by atoms with Crippen LogP contribution in [0.4, 0.5) is 23.0 Å². The van der Waals surface area contributed by atoms with Crippen molar-refractivity contribution < 1.29 is 48.4 Å². The highest BCUT2D eigenvalue weighted by molar-refractivity contribution is 7.86. The number of carbonyl (C=O) groups excluding carboxylic acids is 1. The molecule has 0 spiro atoms. The predicted molar refractivity (Wildman–Crippen MR) is 146 cm³/mol. The molecule has 1 atom stereocenters. The molecule has 0 saturated heterocycles. The minimum atomic E-state index is -5.14. The lowest BCUT2D eigenvalue weighted by atomic mass is 10.2. The van der Waals surface area contributed by atoms with Gasteiger partial charge in [-0.1, -0.05) is 0 Å². The fraction of sp³-hybridized carbons (Fsp3) is 0.150. The maximum absolute atomic E-state index is 13.0. The number of carbonyl (C=O) groups is 1. The summed E-state index contributed by atoms with van der Waals surface area (Å²) in [5, 5.41) is 14.2. The van der Waals surface area contributed by atoms with E-state index in [2.05, 4.69) is 35.6 Å². The molecule has 19 nitrogen and oxygen atoms in total. The van der Waals surface area contributed by atoms with Gasteiger partial charge in [0, 0.05) is 0 Å². The van der Waals surface area contributed by atoms with E-state index in [0.717, 1.165) is 17.1 Å². The summed E-state index contributed by atoms with van der Waals surface area (Å²) in [6, 6.07) is 3.73. The number of hydrogen-bond acceptors (Lipinski definition) is 15. The molecule has 0 fully saturated rings. The molecule has 0 radical (unpaired) electrons. The third-order valence-electron chi connectivity index (χ3n) is 5.39. The summed E-state index contributed by atoms with van der Waals surface area (Å²) in [5.74, 6) is -1.27. The number of nitrogens with one attached hydrogen (secondary N) is 1. The molecule has 3 aromatic rings. The predicted octanol–water partition coefficient (Wildman–Crippen LogP) is 1.89. The Morgan fingerprint density at radius 3 is 2.12 bits per heavy atom. The number of azo groups is 1. The first kappa shape index (κ1) is 31.7. The number of amides is 1. The summed E-state index contributed by atoms with van der Waals surface area (Å²) in [5.41, 5.74) is -1.33. The Kier molecular flexibility index (Phi) is 8.47. The van der Waals surface area contributed by atoms with E-state index in [0.29, 0.717) is 12.1 Å². The van der Waals surface area contributed by atoms with Crippen molar-refractivity contribution in [1.29, 1.82) is 0 Å². The summed E-state index contributed by atoms with van der Waals surface area (Å²) >= 11 is 5.77. The topological polar surface area (TPSA) is 280 Å². The number of benzene rings is 2. The zero-order chi connectivity index (χ0) is 31.9. The van der Waals surface area contributed by atoms with E-state index < -0.39 is 79.6 Å². The van der Waals surface area contributed by atoms with Crippen LogP contribution >= 0.6 is 11.6 Å². The van der Waals surface area contributed by atoms with Gasteiger partial charge >= 0.3 is 6.01 Å². The van der Waals surface area contributed by atoms with Gasteiger partial charge in [-0.05, 0) is 54.9 Å². The van der Waals surface area contributed by atoms with Crippen molar-refractivity contribution in [2.75, 3.05) is 17.4 Å². The van der Waals surface area contributed by atoms with Crippen molar-refractivity contribution in [3.05, 3.63) is 41.7 Å². The van der Waals surface area contributed by atoms with Crippen molar-refractivity contribution in [2.45, 2.75) is 27.7 Å². The van der Waals surface area contributed by atoms with Crippen LogP contribution in [0.3, 0.4) is 0 Å². The van der Waals surface area contributed by atoms with Crippen molar-refractivity contribution in [3.63, 3.8) is 0 Å². The Balaban J connectivity index is 1.74.